The first-order valence-electron chi connectivity index (χ1n) is 5.28. The van der Waals surface area contributed by atoms with Gasteiger partial charge in [-0.05, 0) is 12.8 Å². The van der Waals surface area contributed by atoms with E-state index < -0.39 is 0 Å². The minimum atomic E-state index is -0.0221. The molecule has 0 N–H and O–H groups in total. The molecule has 0 spiro atoms. The Morgan fingerprint density at radius 2 is 1.86 bits per heavy atom. The molecule has 1 heterocycles. The van der Waals surface area contributed by atoms with Gasteiger partial charge in [0, 0.05) is 19.5 Å². The van der Waals surface area contributed by atoms with Crippen LogP contribution in [-0.4, -0.2) is 43.7 Å². The van der Waals surface area contributed by atoms with Crippen LogP contribution in [0.25, 0.3) is 0 Å². The van der Waals surface area contributed by atoms with E-state index in [0.717, 1.165) is 25.9 Å². The maximum Gasteiger partial charge on any atom is 0.222 e. The van der Waals surface area contributed by atoms with E-state index in [0.29, 0.717) is 26.1 Å². The molecule has 1 amide bonds. The van der Waals surface area contributed by atoms with E-state index >= 15 is 0 Å². The van der Waals surface area contributed by atoms with Crippen LogP contribution in [0.3, 0.4) is 0 Å². The second-order valence-corrected chi connectivity index (χ2v) is 3.51. The summed E-state index contributed by atoms with van der Waals surface area (Å²) >= 11 is 0. The van der Waals surface area contributed by atoms with Gasteiger partial charge in [-0.1, -0.05) is 6.42 Å². The Bertz CT molecular complexity index is 167. The van der Waals surface area contributed by atoms with Gasteiger partial charge in [-0.15, -0.1) is 0 Å². The van der Waals surface area contributed by atoms with Crippen LogP contribution in [0.1, 0.15) is 25.7 Å². The van der Waals surface area contributed by atoms with Crippen molar-refractivity contribution in [1.29, 1.82) is 0 Å². The van der Waals surface area contributed by atoms with Gasteiger partial charge in [-0.2, -0.15) is 0 Å². The molecular weight excluding hydrogens is 182 g/mol. The predicted molar refractivity (Wildman–Crippen MR) is 51.4 cm³/mol. The summed E-state index contributed by atoms with van der Waals surface area (Å²) < 4.78 is 5.16. The molecule has 0 saturated carbocycles. The standard InChI is InChI=1S/C10H18NO3/c12-7-3-1-2-4-10(13)11-5-8-14-9-6-11/h1-9H2. The summed E-state index contributed by atoms with van der Waals surface area (Å²) in [5, 5.41) is 10.2. The van der Waals surface area contributed by atoms with Crippen LogP contribution >= 0.6 is 0 Å². The van der Waals surface area contributed by atoms with Gasteiger partial charge in [0.15, 0.2) is 0 Å². The van der Waals surface area contributed by atoms with E-state index in [1.807, 2.05) is 4.90 Å². The van der Waals surface area contributed by atoms with Crippen molar-refractivity contribution in [2.45, 2.75) is 25.7 Å². The molecule has 1 rings (SSSR count). The fourth-order valence-electron chi connectivity index (χ4n) is 1.53. The molecule has 1 radical (unpaired) electrons. The number of hydrogen-bond acceptors (Lipinski definition) is 2. The fraction of sp³-hybridized carbons (Fsp3) is 0.900. The lowest BCUT2D eigenvalue weighted by Gasteiger charge is -2.26. The summed E-state index contributed by atoms with van der Waals surface area (Å²) in [7, 11) is 0. The van der Waals surface area contributed by atoms with E-state index in [4.69, 9.17) is 4.74 Å². The van der Waals surface area contributed by atoms with Gasteiger partial charge >= 0.3 is 0 Å². The number of hydrogen-bond donors (Lipinski definition) is 0. The first-order chi connectivity index (χ1) is 6.84. The maximum atomic E-state index is 11.6. The van der Waals surface area contributed by atoms with Crippen molar-refractivity contribution in [1.82, 2.24) is 4.90 Å². The largest absolute Gasteiger partial charge is 0.378 e. The van der Waals surface area contributed by atoms with Gasteiger partial charge in [0.1, 0.15) is 0 Å². The molecule has 0 bridgehead atoms. The van der Waals surface area contributed by atoms with Crippen LogP contribution in [0, 0.1) is 0 Å². The summed E-state index contributed by atoms with van der Waals surface area (Å²) in [6.45, 7) is 2.74. The minimum Gasteiger partial charge on any atom is -0.378 e. The third-order valence-electron chi connectivity index (χ3n) is 2.40. The Balaban J connectivity index is 2.07. The van der Waals surface area contributed by atoms with E-state index in [2.05, 4.69) is 0 Å². The predicted octanol–water partition coefficient (Wildman–Crippen LogP) is 0.836. The Kier molecular flexibility index (Phi) is 5.56. The number of rotatable bonds is 5. The first kappa shape index (κ1) is 11.5. The lowest BCUT2D eigenvalue weighted by atomic mass is 10.2. The van der Waals surface area contributed by atoms with E-state index in [1.165, 1.54) is 0 Å². The molecule has 0 atom stereocenters. The molecule has 0 unspecified atom stereocenters. The Morgan fingerprint density at radius 3 is 2.50 bits per heavy atom. The van der Waals surface area contributed by atoms with Crippen molar-refractivity contribution in [2.24, 2.45) is 0 Å². The lowest BCUT2D eigenvalue weighted by molar-refractivity contribution is -0.135. The second kappa shape index (κ2) is 6.79. The van der Waals surface area contributed by atoms with Crippen molar-refractivity contribution in [3.05, 3.63) is 0 Å². The van der Waals surface area contributed by atoms with E-state index in [1.54, 1.807) is 0 Å². The molecule has 1 fully saturated rings. The monoisotopic (exact) mass is 200 g/mol. The topological polar surface area (TPSA) is 49.4 Å². The fourth-order valence-corrected chi connectivity index (χ4v) is 1.53. The zero-order valence-electron chi connectivity index (χ0n) is 8.54. The molecule has 4 nitrogen and oxygen atoms in total. The number of carbonyl (C=O) groups excluding carboxylic acids is 1. The van der Waals surface area contributed by atoms with E-state index in [9.17, 15) is 9.90 Å². The third-order valence-corrected chi connectivity index (χ3v) is 2.40. The number of amides is 1. The zero-order valence-corrected chi connectivity index (χ0v) is 8.54. The maximum absolute atomic E-state index is 11.6. The second-order valence-electron chi connectivity index (χ2n) is 3.51. The Morgan fingerprint density at radius 1 is 1.14 bits per heavy atom. The molecule has 0 aromatic rings. The molecule has 0 aliphatic carbocycles. The third kappa shape index (κ3) is 4.07. The molecule has 1 aliphatic rings. The Hall–Kier alpha value is -0.610. The summed E-state index contributed by atoms with van der Waals surface area (Å²) in [5.41, 5.74) is 0. The average molecular weight is 200 g/mol. The van der Waals surface area contributed by atoms with Gasteiger partial charge < -0.3 is 9.64 Å². The highest BCUT2D eigenvalue weighted by Crippen LogP contribution is 2.05. The molecule has 1 saturated heterocycles. The van der Waals surface area contributed by atoms with Crippen LogP contribution in [0.15, 0.2) is 0 Å². The van der Waals surface area contributed by atoms with Gasteiger partial charge in [0.05, 0.1) is 19.8 Å². The first-order valence-corrected chi connectivity index (χ1v) is 5.28. The molecule has 1 aliphatic heterocycles. The smallest absolute Gasteiger partial charge is 0.222 e. The lowest BCUT2D eigenvalue weighted by Crippen LogP contribution is -2.40. The van der Waals surface area contributed by atoms with Crippen LogP contribution in [0.2, 0.25) is 0 Å². The summed E-state index contributed by atoms with van der Waals surface area (Å²) in [6, 6.07) is 0. The van der Waals surface area contributed by atoms with Crippen molar-refractivity contribution in [3.8, 4) is 0 Å². The summed E-state index contributed by atoms with van der Waals surface area (Å²) in [6.07, 6.45) is 2.99. The van der Waals surface area contributed by atoms with Gasteiger partial charge in [0.25, 0.3) is 0 Å². The highest BCUT2D eigenvalue weighted by atomic mass is 16.5. The van der Waals surface area contributed by atoms with Crippen LogP contribution < -0.4 is 0 Å². The van der Waals surface area contributed by atoms with Gasteiger partial charge in [-0.25, -0.2) is 5.11 Å². The van der Waals surface area contributed by atoms with Crippen molar-refractivity contribution in [3.63, 3.8) is 0 Å². The SMILES string of the molecule is [O]CCCCCC(=O)N1CCOCC1. The number of nitrogens with zero attached hydrogens (tertiary/aromatic N) is 1. The highest BCUT2D eigenvalue weighted by Gasteiger charge is 2.15. The Labute approximate surface area is 84.8 Å². The van der Waals surface area contributed by atoms with Gasteiger partial charge in [0.2, 0.25) is 5.91 Å². The zero-order chi connectivity index (χ0) is 10.2. The van der Waals surface area contributed by atoms with Gasteiger partial charge in [-0.3, -0.25) is 4.79 Å². The number of morpholine rings is 1. The average Bonchev–Trinajstić information content (AvgIpc) is 2.25. The van der Waals surface area contributed by atoms with Crippen molar-refractivity contribution >= 4 is 5.91 Å². The number of carbonyl (C=O) groups is 1. The summed E-state index contributed by atoms with van der Waals surface area (Å²) in [5.74, 6) is 0.208. The number of ether oxygens (including phenoxy) is 1. The minimum absolute atomic E-state index is 0.0221. The molecule has 14 heavy (non-hydrogen) atoms. The van der Waals surface area contributed by atoms with E-state index in [-0.39, 0.29) is 12.5 Å². The molecule has 81 valence electrons. The molecule has 0 aromatic heterocycles. The normalized spacial score (nSPS) is 17.1. The summed E-state index contributed by atoms with van der Waals surface area (Å²) in [4.78, 5) is 13.4. The van der Waals surface area contributed by atoms with Crippen molar-refractivity contribution < 1.29 is 14.6 Å². The molecular formula is C10H18NO3. The van der Waals surface area contributed by atoms with Crippen LogP contribution in [-0.2, 0) is 14.6 Å². The van der Waals surface area contributed by atoms with Crippen LogP contribution in [0.5, 0.6) is 0 Å². The number of unbranched alkanes of at least 4 members (excludes halogenated alkanes) is 2. The molecule has 0 aromatic carbocycles. The highest BCUT2D eigenvalue weighted by molar-refractivity contribution is 5.76. The van der Waals surface area contributed by atoms with Crippen LogP contribution in [0.4, 0.5) is 0 Å². The van der Waals surface area contributed by atoms with Crippen molar-refractivity contribution in [2.75, 3.05) is 32.9 Å². The molecule has 4 heteroatoms. The quantitative estimate of drug-likeness (QED) is 0.617.